The van der Waals surface area contributed by atoms with Gasteiger partial charge in [-0.2, -0.15) is 0 Å². The molecule has 1 aliphatic rings. The van der Waals surface area contributed by atoms with E-state index in [1.54, 1.807) is 12.1 Å². The minimum absolute atomic E-state index is 0.00935. The summed E-state index contributed by atoms with van der Waals surface area (Å²) in [6.07, 6.45) is 5.19. The number of nitrogens with zero attached hydrogens (tertiary/aromatic N) is 1. The molecule has 0 radical (unpaired) electrons. The van der Waals surface area contributed by atoms with Crippen LogP contribution >= 0.6 is 22.9 Å². The fourth-order valence-corrected chi connectivity index (χ4v) is 5.00. The number of halogens is 1. The second kappa shape index (κ2) is 9.24. The molecule has 1 fully saturated rings. The van der Waals surface area contributed by atoms with Gasteiger partial charge in [0.25, 0.3) is 0 Å². The number of benzene rings is 2. The third-order valence-electron chi connectivity index (χ3n) is 5.76. The van der Waals surface area contributed by atoms with E-state index in [2.05, 4.69) is 22.0 Å². The number of carbonyl (C=O) groups is 1. The fraction of sp³-hybridized carbons (Fsp3) is 0.391. The van der Waals surface area contributed by atoms with Gasteiger partial charge in [-0.1, -0.05) is 29.0 Å². The molecule has 2 heterocycles. The Hall–Kier alpha value is -1.95. The number of thiazole rings is 1. The number of piperidine rings is 1. The van der Waals surface area contributed by atoms with Crippen LogP contribution in [0.15, 0.2) is 47.3 Å². The second-order valence-corrected chi connectivity index (χ2v) is 9.24. The Morgan fingerprint density at radius 3 is 2.62 bits per heavy atom. The summed E-state index contributed by atoms with van der Waals surface area (Å²) in [7, 11) is 0. The van der Waals surface area contributed by atoms with Crippen LogP contribution in [-0.4, -0.2) is 35.3 Å². The number of nitrogens with one attached hydrogen (secondary N) is 1. The minimum Gasteiger partial charge on any atom is -0.312 e. The Morgan fingerprint density at radius 2 is 1.86 bits per heavy atom. The van der Waals surface area contributed by atoms with Crippen molar-refractivity contribution in [2.45, 2.75) is 32.1 Å². The molecule has 0 bridgehead atoms. The van der Waals surface area contributed by atoms with Crippen LogP contribution in [0.25, 0.3) is 10.2 Å². The number of aromatic amines is 1. The highest BCUT2D eigenvalue weighted by Gasteiger charge is 2.25. The summed E-state index contributed by atoms with van der Waals surface area (Å²) >= 11 is 7.19. The number of likely N-dealkylation sites (tertiary alicyclic amines) is 1. The average Bonchev–Trinajstić information content (AvgIpc) is 3.11. The Labute approximate surface area is 179 Å². The highest BCUT2D eigenvalue weighted by molar-refractivity contribution is 7.16. The summed E-state index contributed by atoms with van der Waals surface area (Å²) in [6.45, 7) is 3.07. The monoisotopic (exact) mass is 428 g/mol. The molecule has 1 aromatic heterocycles. The summed E-state index contributed by atoms with van der Waals surface area (Å²) in [5.74, 6) is 0.386. The third kappa shape index (κ3) is 5.16. The van der Waals surface area contributed by atoms with Gasteiger partial charge in [-0.05, 0) is 93.7 Å². The van der Waals surface area contributed by atoms with Crippen molar-refractivity contribution in [3.63, 3.8) is 0 Å². The van der Waals surface area contributed by atoms with Crippen molar-refractivity contribution in [3.05, 3.63) is 68.3 Å². The van der Waals surface area contributed by atoms with Gasteiger partial charge in [-0.3, -0.25) is 9.59 Å². The van der Waals surface area contributed by atoms with E-state index in [1.165, 1.54) is 16.9 Å². The number of Topliss-reactive ketones (excluding diaryl/α,β-unsaturated/α-hetero) is 1. The van der Waals surface area contributed by atoms with Crippen LogP contribution < -0.4 is 4.87 Å². The van der Waals surface area contributed by atoms with Gasteiger partial charge in [-0.15, -0.1) is 0 Å². The Morgan fingerprint density at radius 1 is 1.10 bits per heavy atom. The summed E-state index contributed by atoms with van der Waals surface area (Å²) < 4.78 is 1.04. The van der Waals surface area contributed by atoms with E-state index >= 15 is 0 Å². The molecule has 1 N–H and O–H groups in total. The standard InChI is InChI=1S/C23H25ClN2O2S/c24-19-7-5-17(6-8-19)22(27)18-10-13-26(14-11-18)12-2-1-3-16-4-9-20-21(15-16)29-23(28)25-20/h4-9,15,18H,1-3,10-14H2,(H,25,28). The summed E-state index contributed by atoms with van der Waals surface area (Å²) in [5.41, 5.74) is 3.00. The molecule has 6 heteroatoms. The summed E-state index contributed by atoms with van der Waals surface area (Å²) in [4.78, 5) is 29.4. The second-order valence-electron chi connectivity index (χ2n) is 7.79. The first-order valence-electron chi connectivity index (χ1n) is 10.2. The van der Waals surface area contributed by atoms with Crippen LogP contribution in [0.3, 0.4) is 0 Å². The van der Waals surface area contributed by atoms with Crippen LogP contribution in [-0.2, 0) is 6.42 Å². The molecule has 0 saturated carbocycles. The van der Waals surface area contributed by atoms with Gasteiger partial charge in [0.05, 0.1) is 10.2 Å². The molecule has 152 valence electrons. The van der Waals surface area contributed by atoms with Gasteiger partial charge in [0.15, 0.2) is 5.78 Å². The highest BCUT2D eigenvalue weighted by atomic mass is 35.5. The van der Waals surface area contributed by atoms with Crippen molar-refractivity contribution in [2.75, 3.05) is 19.6 Å². The maximum atomic E-state index is 12.6. The molecule has 2 aromatic carbocycles. The average molecular weight is 429 g/mol. The maximum absolute atomic E-state index is 12.6. The lowest BCUT2D eigenvalue weighted by atomic mass is 9.89. The van der Waals surface area contributed by atoms with E-state index in [0.29, 0.717) is 5.02 Å². The van der Waals surface area contributed by atoms with Gasteiger partial charge in [0.2, 0.25) is 0 Å². The SMILES string of the molecule is O=C(c1ccc(Cl)cc1)C1CCN(CCCCc2ccc3[nH]c(=O)sc3c2)CC1. The fourth-order valence-electron chi connectivity index (χ4n) is 4.08. The van der Waals surface area contributed by atoms with E-state index in [4.69, 9.17) is 11.6 Å². The Bertz CT molecular complexity index is 1030. The van der Waals surface area contributed by atoms with Gasteiger partial charge < -0.3 is 9.88 Å². The lowest BCUT2D eigenvalue weighted by molar-refractivity contribution is 0.0839. The molecule has 0 unspecified atom stereocenters. The zero-order valence-electron chi connectivity index (χ0n) is 16.3. The lowest BCUT2D eigenvalue weighted by Crippen LogP contribution is -2.36. The third-order valence-corrected chi connectivity index (χ3v) is 6.86. The number of hydrogen-bond donors (Lipinski definition) is 1. The zero-order valence-corrected chi connectivity index (χ0v) is 17.9. The first-order valence-corrected chi connectivity index (χ1v) is 11.4. The van der Waals surface area contributed by atoms with Crippen LogP contribution in [0.4, 0.5) is 0 Å². The van der Waals surface area contributed by atoms with E-state index in [0.717, 1.165) is 67.5 Å². The number of ketones is 1. The molecule has 4 nitrogen and oxygen atoms in total. The molecule has 0 atom stereocenters. The summed E-state index contributed by atoms with van der Waals surface area (Å²) in [5, 5.41) is 0.667. The van der Waals surface area contributed by atoms with Crippen molar-refractivity contribution in [3.8, 4) is 0 Å². The highest BCUT2D eigenvalue weighted by Crippen LogP contribution is 2.23. The van der Waals surface area contributed by atoms with E-state index in [1.807, 2.05) is 18.2 Å². The molecule has 1 saturated heterocycles. The van der Waals surface area contributed by atoms with Crippen molar-refractivity contribution in [1.29, 1.82) is 0 Å². The number of H-pyrrole nitrogens is 1. The molecule has 0 aliphatic carbocycles. The first kappa shape index (κ1) is 20.3. The summed E-state index contributed by atoms with van der Waals surface area (Å²) in [6, 6.07) is 13.5. The number of unbranched alkanes of at least 4 members (excludes halogenated alkanes) is 1. The molecule has 0 spiro atoms. The van der Waals surface area contributed by atoms with Crippen LogP contribution in [0, 0.1) is 5.92 Å². The van der Waals surface area contributed by atoms with Crippen molar-refractivity contribution in [2.24, 2.45) is 5.92 Å². The number of aromatic nitrogens is 1. The van der Waals surface area contributed by atoms with Crippen molar-refractivity contribution < 1.29 is 4.79 Å². The minimum atomic E-state index is 0.00935. The van der Waals surface area contributed by atoms with Crippen LogP contribution in [0.1, 0.15) is 41.6 Å². The Balaban J connectivity index is 1.19. The largest absolute Gasteiger partial charge is 0.312 e. The molecular weight excluding hydrogens is 404 g/mol. The van der Waals surface area contributed by atoms with E-state index in [9.17, 15) is 9.59 Å². The molecule has 0 amide bonds. The topological polar surface area (TPSA) is 53.2 Å². The smallest absolute Gasteiger partial charge is 0.305 e. The zero-order chi connectivity index (χ0) is 20.2. The van der Waals surface area contributed by atoms with Gasteiger partial charge >= 0.3 is 4.87 Å². The quantitative estimate of drug-likeness (QED) is 0.417. The molecular formula is C23H25ClN2O2S. The van der Waals surface area contributed by atoms with Crippen molar-refractivity contribution in [1.82, 2.24) is 9.88 Å². The van der Waals surface area contributed by atoms with Crippen LogP contribution in [0.2, 0.25) is 5.02 Å². The molecule has 4 rings (SSSR count). The molecule has 3 aromatic rings. The lowest BCUT2D eigenvalue weighted by Gasteiger charge is -2.31. The Kier molecular flexibility index (Phi) is 6.48. The predicted octanol–water partition coefficient (Wildman–Crippen LogP) is 5.16. The number of fused-ring (bicyclic) bond motifs is 1. The van der Waals surface area contributed by atoms with Gasteiger partial charge in [-0.25, -0.2) is 0 Å². The molecule has 1 aliphatic heterocycles. The number of rotatable bonds is 7. The predicted molar refractivity (Wildman–Crippen MR) is 120 cm³/mol. The van der Waals surface area contributed by atoms with E-state index < -0.39 is 0 Å². The molecule has 29 heavy (non-hydrogen) atoms. The van der Waals surface area contributed by atoms with E-state index in [-0.39, 0.29) is 16.6 Å². The number of carbonyl (C=O) groups excluding carboxylic acids is 1. The first-order chi connectivity index (χ1) is 14.1. The van der Waals surface area contributed by atoms with Crippen LogP contribution in [0.5, 0.6) is 0 Å². The van der Waals surface area contributed by atoms with Gasteiger partial charge in [0, 0.05) is 16.5 Å². The normalized spacial score (nSPS) is 15.8. The van der Waals surface area contributed by atoms with Crippen molar-refractivity contribution >= 4 is 38.9 Å². The maximum Gasteiger partial charge on any atom is 0.305 e. The number of hydrogen-bond acceptors (Lipinski definition) is 4. The van der Waals surface area contributed by atoms with Gasteiger partial charge in [0.1, 0.15) is 0 Å². The number of aryl methyl sites for hydroxylation is 1.